The summed E-state index contributed by atoms with van der Waals surface area (Å²) in [6.07, 6.45) is 0. The fourth-order valence-corrected chi connectivity index (χ4v) is 12.3. The molecule has 0 atom stereocenters. The number of fused-ring (bicyclic) bond motifs is 11. The molecule has 1 heteroatoms. The lowest BCUT2D eigenvalue weighted by Crippen LogP contribution is -2.27. The van der Waals surface area contributed by atoms with E-state index in [1.165, 1.54) is 105 Å². The molecule has 0 unspecified atom stereocenters. The van der Waals surface area contributed by atoms with Crippen molar-refractivity contribution in [1.82, 2.24) is 0 Å². The smallest absolute Gasteiger partial charge is 0.0725 e. The molecule has 0 saturated heterocycles. The molecule has 11 aromatic carbocycles. The van der Waals surface area contributed by atoms with Crippen molar-refractivity contribution in [2.45, 2.75) is 57.8 Å². The van der Waals surface area contributed by atoms with Crippen molar-refractivity contribution in [2.75, 3.05) is 4.90 Å². The van der Waals surface area contributed by atoms with Crippen molar-refractivity contribution < 1.29 is 0 Å². The molecule has 2 aliphatic carbocycles. The second-order valence-electron chi connectivity index (χ2n) is 22.5. The topological polar surface area (TPSA) is 3.24 Å². The van der Waals surface area contributed by atoms with Crippen LogP contribution in [0.25, 0.3) is 77.5 Å². The molecule has 356 valence electrons. The Morgan fingerprint density at radius 1 is 0.270 bits per heavy atom. The van der Waals surface area contributed by atoms with Gasteiger partial charge in [-0.05, 0) is 153 Å². The van der Waals surface area contributed by atoms with E-state index in [2.05, 4.69) is 295 Å². The zero-order valence-corrected chi connectivity index (χ0v) is 43.1. The van der Waals surface area contributed by atoms with Gasteiger partial charge in [0.1, 0.15) is 0 Å². The van der Waals surface area contributed by atoms with Crippen LogP contribution in [0.15, 0.2) is 249 Å². The van der Waals surface area contributed by atoms with Crippen LogP contribution in [0.1, 0.15) is 74.9 Å². The Morgan fingerprint density at radius 3 is 1.43 bits per heavy atom. The fraction of sp³-hybridized carbons (Fsp3) is 0.123. The highest BCUT2D eigenvalue weighted by Gasteiger charge is 2.52. The number of rotatable bonds is 7. The van der Waals surface area contributed by atoms with Crippen molar-refractivity contribution >= 4 is 27.8 Å². The highest BCUT2D eigenvalue weighted by Crippen LogP contribution is 2.64. The summed E-state index contributed by atoms with van der Waals surface area (Å²) in [4.78, 5) is 2.51. The number of hydrogen-bond donors (Lipinski definition) is 0. The Kier molecular flexibility index (Phi) is 10.6. The molecule has 1 spiro atoms. The molecule has 0 bridgehead atoms. The Bertz CT molecular complexity index is 3930. The summed E-state index contributed by atoms with van der Waals surface area (Å²) in [5.41, 5.74) is 25.6. The maximum absolute atomic E-state index is 2.54. The van der Waals surface area contributed by atoms with E-state index in [0.29, 0.717) is 0 Å². The van der Waals surface area contributed by atoms with E-state index in [0.717, 1.165) is 22.6 Å². The molecule has 2 aliphatic rings. The van der Waals surface area contributed by atoms with Crippen LogP contribution in [-0.4, -0.2) is 0 Å². The maximum Gasteiger partial charge on any atom is 0.0725 e. The Hall–Kier alpha value is -8.52. The van der Waals surface area contributed by atoms with Gasteiger partial charge in [0.2, 0.25) is 0 Å². The SMILES string of the molecule is CC(C)(C)c1ccc2c(c1)C1(c3ccccc3-c3cc(N(c4cccc(-c5ccc6ccccc6c5)c4)c4ccccc4-c4ccccc4-c4ccccc4-c4ccccc4)ccc31)c1cc(C(C)(C)C)ccc1-2. The summed E-state index contributed by atoms with van der Waals surface area (Å²) < 4.78 is 0. The van der Waals surface area contributed by atoms with Crippen LogP contribution in [0.3, 0.4) is 0 Å². The van der Waals surface area contributed by atoms with Gasteiger partial charge in [-0.2, -0.15) is 0 Å². The van der Waals surface area contributed by atoms with Crippen molar-refractivity contribution in [3.63, 3.8) is 0 Å². The molecule has 0 fully saturated rings. The molecular formula is C73H59N. The van der Waals surface area contributed by atoms with Gasteiger partial charge < -0.3 is 4.90 Å². The van der Waals surface area contributed by atoms with Crippen LogP contribution in [0, 0.1) is 0 Å². The molecule has 74 heavy (non-hydrogen) atoms. The lowest BCUT2D eigenvalue weighted by molar-refractivity contribution is 0.586. The van der Waals surface area contributed by atoms with Gasteiger partial charge in [0.05, 0.1) is 11.1 Å². The number of para-hydroxylation sites is 1. The minimum absolute atomic E-state index is 0.0239. The third-order valence-electron chi connectivity index (χ3n) is 16.0. The molecule has 0 aliphatic heterocycles. The van der Waals surface area contributed by atoms with Gasteiger partial charge >= 0.3 is 0 Å². The van der Waals surface area contributed by atoms with E-state index in [9.17, 15) is 0 Å². The van der Waals surface area contributed by atoms with Crippen LogP contribution < -0.4 is 4.90 Å². The number of benzene rings is 11. The quantitative estimate of drug-likeness (QED) is 0.154. The van der Waals surface area contributed by atoms with Crippen LogP contribution in [0.5, 0.6) is 0 Å². The highest BCUT2D eigenvalue weighted by atomic mass is 15.1. The van der Waals surface area contributed by atoms with Crippen LogP contribution in [0.2, 0.25) is 0 Å². The van der Waals surface area contributed by atoms with Gasteiger partial charge in [0, 0.05) is 16.9 Å². The van der Waals surface area contributed by atoms with Crippen molar-refractivity contribution in [3.05, 3.63) is 282 Å². The first-order chi connectivity index (χ1) is 36.0. The van der Waals surface area contributed by atoms with E-state index in [4.69, 9.17) is 0 Å². The summed E-state index contributed by atoms with van der Waals surface area (Å²) in [5, 5.41) is 2.47. The second kappa shape index (κ2) is 17.3. The van der Waals surface area contributed by atoms with Gasteiger partial charge in [-0.3, -0.25) is 0 Å². The molecule has 0 N–H and O–H groups in total. The maximum atomic E-state index is 2.54. The molecule has 13 rings (SSSR count). The highest BCUT2D eigenvalue weighted by molar-refractivity contribution is 6.00. The Balaban J connectivity index is 1.06. The van der Waals surface area contributed by atoms with E-state index in [1.807, 2.05) is 0 Å². The van der Waals surface area contributed by atoms with Crippen molar-refractivity contribution in [3.8, 4) is 66.8 Å². The molecule has 1 nitrogen and oxygen atoms in total. The third kappa shape index (κ3) is 7.28. The normalized spacial score (nSPS) is 13.1. The molecule has 0 saturated carbocycles. The van der Waals surface area contributed by atoms with Gasteiger partial charge in [0.15, 0.2) is 0 Å². The van der Waals surface area contributed by atoms with Crippen molar-refractivity contribution in [1.29, 1.82) is 0 Å². The zero-order chi connectivity index (χ0) is 50.3. The van der Waals surface area contributed by atoms with Gasteiger partial charge in [-0.1, -0.05) is 254 Å². The molecule has 11 aromatic rings. The first-order valence-electron chi connectivity index (χ1n) is 26.2. The molecule has 0 amide bonds. The molecule has 0 radical (unpaired) electrons. The average molecular weight is 950 g/mol. The van der Waals surface area contributed by atoms with Crippen LogP contribution in [-0.2, 0) is 16.2 Å². The Labute approximate surface area is 437 Å². The summed E-state index contributed by atoms with van der Waals surface area (Å²) >= 11 is 0. The first kappa shape index (κ1) is 45.4. The second-order valence-corrected chi connectivity index (χ2v) is 22.5. The summed E-state index contributed by atoms with van der Waals surface area (Å²) in [6, 6.07) is 93.5. The minimum Gasteiger partial charge on any atom is -0.310 e. The van der Waals surface area contributed by atoms with Crippen LogP contribution in [0.4, 0.5) is 17.1 Å². The van der Waals surface area contributed by atoms with Gasteiger partial charge in [-0.15, -0.1) is 0 Å². The number of anilines is 3. The number of hydrogen-bond acceptors (Lipinski definition) is 1. The third-order valence-corrected chi connectivity index (χ3v) is 16.0. The molecular weight excluding hydrogens is 891 g/mol. The van der Waals surface area contributed by atoms with Crippen LogP contribution >= 0.6 is 0 Å². The zero-order valence-electron chi connectivity index (χ0n) is 43.1. The summed E-state index contributed by atoms with van der Waals surface area (Å²) in [6.45, 7) is 14.0. The summed E-state index contributed by atoms with van der Waals surface area (Å²) in [5.74, 6) is 0. The van der Waals surface area contributed by atoms with Gasteiger partial charge in [-0.25, -0.2) is 0 Å². The summed E-state index contributed by atoms with van der Waals surface area (Å²) in [7, 11) is 0. The minimum atomic E-state index is -0.499. The van der Waals surface area contributed by atoms with E-state index >= 15 is 0 Å². The number of nitrogens with zero attached hydrogens (tertiary/aromatic N) is 1. The first-order valence-corrected chi connectivity index (χ1v) is 26.2. The largest absolute Gasteiger partial charge is 0.310 e. The van der Waals surface area contributed by atoms with Gasteiger partial charge in [0.25, 0.3) is 0 Å². The fourth-order valence-electron chi connectivity index (χ4n) is 12.3. The molecule has 0 heterocycles. The van der Waals surface area contributed by atoms with Crippen molar-refractivity contribution in [2.24, 2.45) is 0 Å². The predicted octanol–water partition coefficient (Wildman–Crippen LogP) is 19.9. The molecule has 0 aromatic heterocycles. The van der Waals surface area contributed by atoms with E-state index in [-0.39, 0.29) is 10.8 Å². The monoisotopic (exact) mass is 949 g/mol. The average Bonchev–Trinajstić information content (AvgIpc) is 3.90. The predicted molar refractivity (Wildman–Crippen MR) is 314 cm³/mol. The van der Waals surface area contributed by atoms with E-state index < -0.39 is 5.41 Å². The Morgan fingerprint density at radius 2 is 0.757 bits per heavy atom. The van der Waals surface area contributed by atoms with E-state index in [1.54, 1.807) is 0 Å². The lowest BCUT2D eigenvalue weighted by Gasteiger charge is -2.33. The lowest BCUT2D eigenvalue weighted by atomic mass is 9.69. The standard InChI is InChI=1S/C73H59N/c1-71(2,3)53-37-40-62-63-41-38-54(72(4,5)6)46-69(63)73(68(62)45-53)66-33-18-16-31-61(66)65-47-56(39-42-67(65)73)74(55-26-20-25-51(44-55)52-36-35-48-21-10-11-24-50(48)43-52)70-34-19-17-32-64(70)60-30-15-14-29-59(60)58-28-13-12-27-57(58)49-22-8-7-9-23-49/h7-47H,1-6H3.